The fourth-order valence-corrected chi connectivity index (χ4v) is 4.64. The van der Waals surface area contributed by atoms with Crippen LogP contribution in [0.3, 0.4) is 0 Å². The molecule has 0 fully saturated rings. The van der Waals surface area contributed by atoms with E-state index in [1.165, 1.54) is 23.5 Å². The molecule has 0 bridgehead atoms. The molecule has 0 saturated heterocycles. The molecule has 1 N–H and O–H groups in total. The normalized spacial score (nSPS) is 16.0. The Labute approximate surface area is 126 Å². The third kappa shape index (κ3) is 2.30. The Hall–Kier alpha value is -1.93. The van der Waals surface area contributed by atoms with E-state index in [2.05, 4.69) is 10.3 Å². The molecule has 6 nitrogen and oxygen atoms in total. The average Bonchev–Trinajstić information content (AvgIpc) is 2.98. The summed E-state index contributed by atoms with van der Waals surface area (Å²) in [6.07, 6.45) is 1.59. The van der Waals surface area contributed by atoms with Gasteiger partial charge in [0.25, 0.3) is 15.9 Å². The molecular weight excluding hydrogens is 310 g/mol. The van der Waals surface area contributed by atoms with Gasteiger partial charge in [-0.3, -0.25) is 4.79 Å². The molecule has 0 aliphatic carbocycles. The average molecular weight is 323 g/mol. The highest BCUT2D eigenvalue weighted by molar-refractivity contribution is 7.90. The van der Waals surface area contributed by atoms with Crippen molar-refractivity contribution in [2.24, 2.45) is 0 Å². The van der Waals surface area contributed by atoms with Gasteiger partial charge in [0.05, 0.1) is 12.1 Å². The van der Waals surface area contributed by atoms with Gasteiger partial charge < -0.3 is 5.32 Å². The van der Waals surface area contributed by atoms with Crippen LogP contribution in [0.15, 0.2) is 35.4 Å². The summed E-state index contributed by atoms with van der Waals surface area (Å²) in [6.45, 7) is 2.70. The molecule has 0 saturated carbocycles. The van der Waals surface area contributed by atoms with E-state index >= 15 is 0 Å². The summed E-state index contributed by atoms with van der Waals surface area (Å²) in [5.74, 6) is -0.482. The molecule has 0 radical (unpaired) electrons. The van der Waals surface area contributed by atoms with E-state index in [4.69, 9.17) is 0 Å². The lowest BCUT2D eigenvalue weighted by Gasteiger charge is -2.13. The van der Waals surface area contributed by atoms with E-state index in [1.54, 1.807) is 18.3 Å². The van der Waals surface area contributed by atoms with Gasteiger partial charge in [0.15, 0.2) is 5.13 Å². The molecule has 1 aliphatic rings. The fourth-order valence-electron chi connectivity index (χ4n) is 2.14. The number of anilines is 1. The van der Waals surface area contributed by atoms with Crippen LogP contribution in [0.4, 0.5) is 5.13 Å². The van der Waals surface area contributed by atoms with Gasteiger partial charge in [0, 0.05) is 17.6 Å². The highest BCUT2D eigenvalue weighted by atomic mass is 32.2. The van der Waals surface area contributed by atoms with E-state index < -0.39 is 15.9 Å². The first-order chi connectivity index (χ1) is 10.0. The van der Waals surface area contributed by atoms with Crippen LogP contribution in [0.25, 0.3) is 0 Å². The summed E-state index contributed by atoms with van der Waals surface area (Å²) in [4.78, 5) is 17.2. The number of sulfonamides is 1. The van der Waals surface area contributed by atoms with Gasteiger partial charge in [0.1, 0.15) is 4.90 Å². The third-order valence-electron chi connectivity index (χ3n) is 3.09. The Kier molecular flexibility index (Phi) is 3.42. The minimum absolute atomic E-state index is 0.0128. The number of fused-ring (bicyclic) bond motifs is 1. The highest BCUT2D eigenvalue weighted by Gasteiger charge is 2.40. The summed E-state index contributed by atoms with van der Waals surface area (Å²) >= 11 is 1.35. The molecule has 0 spiro atoms. The lowest BCUT2D eigenvalue weighted by molar-refractivity contribution is 0.0866. The Bertz CT molecular complexity index is 798. The second kappa shape index (κ2) is 5.12. The van der Waals surface area contributed by atoms with Crippen molar-refractivity contribution in [2.75, 3.05) is 11.9 Å². The Morgan fingerprint density at radius 2 is 2.10 bits per heavy atom. The molecule has 3 rings (SSSR count). The number of nitrogens with zero attached hydrogens (tertiary/aromatic N) is 2. The smallest absolute Gasteiger partial charge is 0.269 e. The number of aromatic nitrogens is 1. The predicted octanol–water partition coefficient (Wildman–Crippen LogP) is 1.92. The Morgan fingerprint density at radius 1 is 1.33 bits per heavy atom. The van der Waals surface area contributed by atoms with Crippen LogP contribution in [0.1, 0.15) is 22.2 Å². The monoisotopic (exact) mass is 323 g/mol. The predicted molar refractivity (Wildman–Crippen MR) is 79.8 cm³/mol. The van der Waals surface area contributed by atoms with Crippen LogP contribution in [0, 0.1) is 0 Å². The SMILES string of the molecule is CCNc1ncc(CN2C(=O)c3ccccc3S2(=O)=O)s1. The lowest BCUT2D eigenvalue weighted by atomic mass is 10.2. The van der Waals surface area contributed by atoms with Crippen molar-refractivity contribution in [1.29, 1.82) is 0 Å². The number of hydrogen-bond donors (Lipinski definition) is 1. The van der Waals surface area contributed by atoms with Crippen molar-refractivity contribution >= 4 is 32.4 Å². The van der Waals surface area contributed by atoms with Gasteiger partial charge in [-0.25, -0.2) is 17.7 Å². The standard InChI is InChI=1S/C13H13N3O3S2/c1-2-14-13-15-7-9(20-13)8-16-12(17)10-5-3-4-6-11(10)21(16,18)19/h3-7H,2,8H2,1H3,(H,14,15). The van der Waals surface area contributed by atoms with Crippen LogP contribution < -0.4 is 5.32 Å². The molecular formula is C13H13N3O3S2. The molecule has 2 aromatic rings. The Morgan fingerprint density at radius 3 is 2.81 bits per heavy atom. The first-order valence-corrected chi connectivity index (χ1v) is 8.64. The highest BCUT2D eigenvalue weighted by Crippen LogP contribution is 2.32. The van der Waals surface area contributed by atoms with Crippen LogP contribution in [0.5, 0.6) is 0 Å². The van der Waals surface area contributed by atoms with Gasteiger partial charge in [-0.15, -0.1) is 11.3 Å². The summed E-state index contributed by atoms with van der Waals surface area (Å²) < 4.78 is 25.7. The van der Waals surface area contributed by atoms with Gasteiger partial charge >= 0.3 is 0 Å². The van der Waals surface area contributed by atoms with Gasteiger partial charge in [-0.05, 0) is 19.1 Å². The first kappa shape index (κ1) is 14.0. The summed E-state index contributed by atoms with van der Waals surface area (Å²) in [6, 6.07) is 6.26. The maximum Gasteiger partial charge on any atom is 0.269 e. The largest absolute Gasteiger partial charge is 0.362 e. The minimum atomic E-state index is -3.75. The van der Waals surface area contributed by atoms with Crippen molar-refractivity contribution in [3.63, 3.8) is 0 Å². The first-order valence-electron chi connectivity index (χ1n) is 6.38. The third-order valence-corrected chi connectivity index (χ3v) is 5.82. The van der Waals surface area contributed by atoms with Crippen LogP contribution >= 0.6 is 11.3 Å². The van der Waals surface area contributed by atoms with Gasteiger partial charge in [-0.1, -0.05) is 12.1 Å². The Balaban J connectivity index is 1.91. The van der Waals surface area contributed by atoms with Gasteiger partial charge in [0.2, 0.25) is 0 Å². The molecule has 1 aliphatic heterocycles. The minimum Gasteiger partial charge on any atom is -0.362 e. The zero-order valence-electron chi connectivity index (χ0n) is 11.2. The number of rotatable bonds is 4. The zero-order chi connectivity index (χ0) is 15.0. The number of hydrogen-bond acceptors (Lipinski definition) is 6. The molecule has 110 valence electrons. The summed E-state index contributed by atoms with van der Waals surface area (Å²) in [5.41, 5.74) is 0.230. The summed E-state index contributed by atoms with van der Waals surface area (Å²) in [7, 11) is -3.75. The molecule has 1 aromatic carbocycles. The second-order valence-corrected chi connectivity index (χ2v) is 7.42. The maximum absolute atomic E-state index is 12.4. The van der Waals surface area contributed by atoms with Crippen LogP contribution in [-0.4, -0.2) is 30.2 Å². The summed E-state index contributed by atoms with van der Waals surface area (Å²) in [5, 5.41) is 3.77. The lowest BCUT2D eigenvalue weighted by Crippen LogP contribution is -2.29. The number of amides is 1. The van der Waals surface area contributed by atoms with E-state index in [9.17, 15) is 13.2 Å². The molecule has 2 heterocycles. The fraction of sp³-hybridized carbons (Fsp3) is 0.231. The van der Waals surface area contributed by atoms with E-state index in [0.717, 1.165) is 15.7 Å². The molecule has 21 heavy (non-hydrogen) atoms. The van der Waals surface area contributed by atoms with E-state index in [1.807, 2.05) is 6.92 Å². The van der Waals surface area contributed by atoms with Crippen LogP contribution in [-0.2, 0) is 16.6 Å². The zero-order valence-corrected chi connectivity index (χ0v) is 12.9. The van der Waals surface area contributed by atoms with Crippen molar-refractivity contribution in [2.45, 2.75) is 18.4 Å². The van der Waals surface area contributed by atoms with E-state index in [0.29, 0.717) is 5.13 Å². The quantitative estimate of drug-likeness (QED) is 0.930. The number of nitrogens with one attached hydrogen (secondary N) is 1. The number of carbonyl (C=O) groups is 1. The van der Waals surface area contributed by atoms with Gasteiger partial charge in [-0.2, -0.15) is 0 Å². The number of carbonyl (C=O) groups excluding carboxylic acids is 1. The molecule has 0 unspecified atom stereocenters. The second-order valence-electron chi connectivity index (χ2n) is 4.48. The van der Waals surface area contributed by atoms with Crippen molar-refractivity contribution in [3.05, 3.63) is 40.9 Å². The van der Waals surface area contributed by atoms with Crippen LogP contribution in [0.2, 0.25) is 0 Å². The van der Waals surface area contributed by atoms with Crippen molar-refractivity contribution in [1.82, 2.24) is 9.29 Å². The molecule has 1 amide bonds. The topological polar surface area (TPSA) is 79.4 Å². The number of thiazole rings is 1. The maximum atomic E-state index is 12.4. The van der Waals surface area contributed by atoms with Crippen molar-refractivity contribution in [3.8, 4) is 0 Å². The molecule has 0 atom stereocenters. The van der Waals surface area contributed by atoms with E-state index in [-0.39, 0.29) is 17.0 Å². The molecule has 1 aromatic heterocycles. The molecule has 8 heteroatoms. The number of benzene rings is 1. The van der Waals surface area contributed by atoms with Crippen molar-refractivity contribution < 1.29 is 13.2 Å².